The highest BCUT2D eigenvalue weighted by Gasteiger charge is 2.20. The molecule has 0 saturated heterocycles. The Bertz CT molecular complexity index is 1270. The zero-order valence-corrected chi connectivity index (χ0v) is 18.0. The van der Waals surface area contributed by atoms with E-state index in [2.05, 4.69) is 4.98 Å². The first-order chi connectivity index (χ1) is 14.1. The van der Waals surface area contributed by atoms with Crippen LogP contribution in [-0.2, 0) is 16.6 Å². The van der Waals surface area contributed by atoms with Gasteiger partial charge in [0.2, 0.25) is 10.0 Å². The lowest BCUT2D eigenvalue weighted by atomic mass is 10.1. The van der Waals surface area contributed by atoms with Crippen LogP contribution >= 0.6 is 11.8 Å². The summed E-state index contributed by atoms with van der Waals surface area (Å²) in [5.74, 6) is 0.0792. The molecule has 0 aliphatic carbocycles. The zero-order valence-electron chi connectivity index (χ0n) is 16.4. The second-order valence-corrected chi connectivity index (χ2v) is 9.04. The van der Waals surface area contributed by atoms with Crippen LogP contribution < -0.4 is 16.4 Å². The Balaban J connectivity index is 2.20. The molecule has 0 aliphatic rings. The summed E-state index contributed by atoms with van der Waals surface area (Å²) in [7, 11) is -3.81. The molecule has 0 fully saturated rings. The molecule has 10 heteroatoms. The van der Waals surface area contributed by atoms with E-state index in [9.17, 15) is 13.2 Å². The van der Waals surface area contributed by atoms with Crippen LogP contribution in [0, 0.1) is 12.3 Å². The Morgan fingerprint density at radius 2 is 1.73 bits per heavy atom. The molecule has 1 aromatic heterocycles. The largest absolute Gasteiger partial charge is 0.383 e. The van der Waals surface area contributed by atoms with Gasteiger partial charge in [-0.2, -0.15) is 0 Å². The number of nitrogens with two attached hydrogens (primary N) is 2. The smallest absolute Gasteiger partial charge is 0.266 e. The number of aromatic nitrogens is 2. The van der Waals surface area contributed by atoms with Gasteiger partial charge in [0.05, 0.1) is 11.4 Å². The fourth-order valence-electron chi connectivity index (χ4n) is 2.95. The number of hydrogen-bond acceptors (Lipinski definition) is 6. The number of thioether (sulfide) groups is 1. The Morgan fingerprint density at radius 3 is 2.23 bits per heavy atom. The van der Waals surface area contributed by atoms with Crippen LogP contribution in [-0.4, -0.2) is 30.1 Å². The van der Waals surface area contributed by atoms with Crippen molar-refractivity contribution in [2.24, 2.45) is 10.9 Å². The molecule has 0 spiro atoms. The highest BCUT2D eigenvalue weighted by molar-refractivity contribution is 7.98. The van der Waals surface area contributed by atoms with E-state index in [4.69, 9.17) is 16.3 Å². The van der Waals surface area contributed by atoms with Crippen LogP contribution in [0.25, 0.3) is 11.4 Å². The molecule has 0 unspecified atom stereocenters. The number of sulfonamides is 1. The lowest BCUT2D eigenvalue weighted by Gasteiger charge is -2.16. The van der Waals surface area contributed by atoms with E-state index in [1.165, 1.54) is 28.5 Å². The summed E-state index contributed by atoms with van der Waals surface area (Å²) in [6, 6.07) is 13.5. The van der Waals surface area contributed by atoms with Gasteiger partial charge in [-0.15, -0.1) is 11.8 Å². The minimum atomic E-state index is -3.81. The third-order valence-corrected chi connectivity index (χ3v) is 6.11. The quantitative estimate of drug-likeness (QED) is 0.230. The number of aryl methyl sites for hydroxylation is 1. The molecule has 156 valence electrons. The van der Waals surface area contributed by atoms with Gasteiger partial charge in [-0.25, -0.2) is 18.5 Å². The van der Waals surface area contributed by atoms with Crippen molar-refractivity contribution in [3.05, 3.63) is 75.6 Å². The van der Waals surface area contributed by atoms with E-state index in [0.717, 1.165) is 11.1 Å². The highest BCUT2D eigenvalue weighted by Crippen LogP contribution is 2.23. The van der Waals surface area contributed by atoms with Crippen LogP contribution in [0.2, 0.25) is 0 Å². The van der Waals surface area contributed by atoms with Crippen molar-refractivity contribution in [2.45, 2.75) is 23.4 Å². The number of hydrogen-bond donors (Lipinski definition) is 3. The molecular formula is C20H21N5O3S2. The van der Waals surface area contributed by atoms with Gasteiger partial charge in [-0.3, -0.25) is 14.8 Å². The van der Waals surface area contributed by atoms with Crippen molar-refractivity contribution in [3.8, 4) is 11.4 Å². The van der Waals surface area contributed by atoms with Gasteiger partial charge in [0, 0.05) is 5.56 Å². The predicted octanol–water partition coefficient (Wildman–Crippen LogP) is 1.92. The SMILES string of the molecule is CSc1nc(-c2ccc(C)cc2)n(Cc2ccc(S(N)(=O)=O)cc2)c(=O)c1C(=N)N. The van der Waals surface area contributed by atoms with Gasteiger partial charge in [-0.1, -0.05) is 42.0 Å². The summed E-state index contributed by atoms with van der Waals surface area (Å²) in [6.45, 7) is 2.08. The topological polar surface area (TPSA) is 145 Å². The van der Waals surface area contributed by atoms with Crippen molar-refractivity contribution < 1.29 is 8.42 Å². The highest BCUT2D eigenvalue weighted by atomic mass is 32.2. The first kappa shape index (κ1) is 21.8. The number of nitrogens with one attached hydrogen (secondary N) is 1. The Kier molecular flexibility index (Phi) is 6.11. The van der Waals surface area contributed by atoms with Gasteiger partial charge in [-0.05, 0) is 30.9 Å². The minimum Gasteiger partial charge on any atom is -0.383 e. The fourth-order valence-corrected chi connectivity index (χ4v) is 4.04. The molecular weight excluding hydrogens is 422 g/mol. The molecule has 0 saturated carbocycles. The number of amidine groups is 1. The molecule has 0 amide bonds. The van der Waals surface area contributed by atoms with Gasteiger partial charge >= 0.3 is 0 Å². The maximum absolute atomic E-state index is 13.3. The molecule has 0 atom stereocenters. The number of nitrogen functional groups attached to an aromatic ring is 1. The molecule has 1 heterocycles. The Morgan fingerprint density at radius 1 is 1.13 bits per heavy atom. The molecule has 30 heavy (non-hydrogen) atoms. The summed E-state index contributed by atoms with van der Waals surface area (Å²) in [4.78, 5) is 17.9. The lowest BCUT2D eigenvalue weighted by molar-refractivity contribution is 0.597. The van der Waals surface area contributed by atoms with Crippen molar-refractivity contribution in [1.82, 2.24) is 9.55 Å². The Hall–Kier alpha value is -2.95. The lowest BCUT2D eigenvalue weighted by Crippen LogP contribution is -2.33. The van der Waals surface area contributed by atoms with E-state index in [-0.39, 0.29) is 22.8 Å². The van der Waals surface area contributed by atoms with Gasteiger partial charge in [0.15, 0.2) is 0 Å². The normalized spacial score (nSPS) is 11.4. The van der Waals surface area contributed by atoms with Gasteiger partial charge < -0.3 is 5.73 Å². The average Bonchev–Trinajstić information content (AvgIpc) is 2.69. The predicted molar refractivity (Wildman–Crippen MR) is 118 cm³/mol. The third kappa shape index (κ3) is 4.45. The standard InChI is InChI=1S/C20H21N5O3S2/c1-12-3-7-14(8-4-12)18-24-19(29-2)16(17(21)22)20(26)25(18)11-13-5-9-15(10-6-13)30(23,27)28/h3-10H,11H2,1-2H3,(H3,21,22)(H2,23,27,28). The summed E-state index contributed by atoms with van der Waals surface area (Å²) in [6.07, 6.45) is 1.77. The van der Waals surface area contributed by atoms with Crippen LogP contribution in [0.1, 0.15) is 16.7 Å². The zero-order chi connectivity index (χ0) is 22.1. The number of primary sulfonamides is 1. The van der Waals surface area contributed by atoms with Crippen LogP contribution in [0.5, 0.6) is 0 Å². The molecule has 0 radical (unpaired) electrons. The van der Waals surface area contributed by atoms with E-state index in [0.29, 0.717) is 16.4 Å². The van der Waals surface area contributed by atoms with Crippen LogP contribution in [0.4, 0.5) is 0 Å². The molecule has 0 aliphatic heterocycles. The van der Waals surface area contributed by atoms with Crippen molar-refractivity contribution in [2.75, 3.05) is 6.26 Å². The maximum Gasteiger partial charge on any atom is 0.266 e. The van der Waals surface area contributed by atoms with E-state index in [1.54, 1.807) is 18.4 Å². The summed E-state index contributed by atoms with van der Waals surface area (Å²) >= 11 is 1.24. The third-order valence-electron chi connectivity index (χ3n) is 4.50. The second kappa shape index (κ2) is 8.42. The number of nitrogens with zero attached hydrogens (tertiary/aromatic N) is 2. The van der Waals surface area contributed by atoms with Gasteiger partial charge in [0.25, 0.3) is 5.56 Å². The maximum atomic E-state index is 13.3. The second-order valence-electron chi connectivity index (χ2n) is 6.68. The Labute approximate surface area is 178 Å². The number of rotatable bonds is 6. The average molecular weight is 444 g/mol. The molecule has 3 rings (SSSR count). The van der Waals surface area contributed by atoms with E-state index >= 15 is 0 Å². The van der Waals surface area contributed by atoms with Crippen LogP contribution in [0.15, 0.2) is 63.2 Å². The molecule has 2 aromatic carbocycles. The van der Waals surface area contributed by atoms with E-state index in [1.807, 2.05) is 31.2 Å². The molecule has 0 bridgehead atoms. The monoisotopic (exact) mass is 443 g/mol. The molecule has 8 nitrogen and oxygen atoms in total. The molecule has 3 aromatic rings. The van der Waals surface area contributed by atoms with E-state index < -0.39 is 15.6 Å². The van der Waals surface area contributed by atoms with Crippen molar-refractivity contribution >= 4 is 27.6 Å². The summed E-state index contributed by atoms with van der Waals surface area (Å²) in [5.41, 5.74) is 7.75. The summed E-state index contributed by atoms with van der Waals surface area (Å²) < 4.78 is 24.4. The first-order valence-electron chi connectivity index (χ1n) is 8.84. The van der Waals surface area contributed by atoms with Crippen molar-refractivity contribution in [1.29, 1.82) is 5.41 Å². The minimum absolute atomic E-state index is 0.0161. The first-order valence-corrected chi connectivity index (χ1v) is 11.6. The summed E-state index contributed by atoms with van der Waals surface area (Å²) in [5, 5.41) is 13.4. The van der Waals surface area contributed by atoms with Gasteiger partial charge in [0.1, 0.15) is 22.2 Å². The molecule has 5 N–H and O–H groups in total. The number of benzene rings is 2. The fraction of sp³-hybridized carbons (Fsp3) is 0.150. The van der Waals surface area contributed by atoms with Crippen molar-refractivity contribution in [3.63, 3.8) is 0 Å². The van der Waals surface area contributed by atoms with Crippen LogP contribution in [0.3, 0.4) is 0 Å².